The van der Waals surface area contributed by atoms with E-state index in [1.165, 1.54) is 19.3 Å². The van der Waals surface area contributed by atoms with Gasteiger partial charge in [-0.2, -0.15) is 4.98 Å². The van der Waals surface area contributed by atoms with Crippen LogP contribution in [0.2, 0.25) is 0 Å². The first-order valence-electron chi connectivity index (χ1n) is 8.64. The number of nitrogens with zero attached hydrogens (tertiary/aromatic N) is 2. The summed E-state index contributed by atoms with van der Waals surface area (Å²) >= 11 is 0. The van der Waals surface area contributed by atoms with E-state index in [2.05, 4.69) is 43.2 Å². The van der Waals surface area contributed by atoms with Crippen molar-refractivity contribution in [2.45, 2.75) is 78.2 Å². The summed E-state index contributed by atoms with van der Waals surface area (Å²) in [6.07, 6.45) is 6.88. The highest BCUT2D eigenvalue weighted by Gasteiger charge is 2.27. The van der Waals surface area contributed by atoms with Crippen LogP contribution in [0.3, 0.4) is 0 Å². The van der Waals surface area contributed by atoms with Gasteiger partial charge in [0.2, 0.25) is 5.89 Å². The molecule has 3 unspecified atom stereocenters. The molecule has 0 amide bonds. The average molecular weight is 293 g/mol. The molecule has 1 fully saturated rings. The third kappa shape index (κ3) is 5.10. The molecule has 1 N–H and O–H groups in total. The van der Waals surface area contributed by atoms with Crippen LogP contribution < -0.4 is 5.32 Å². The molecule has 1 aliphatic rings. The third-order valence-corrected chi connectivity index (χ3v) is 4.40. The molecule has 3 atom stereocenters. The maximum atomic E-state index is 5.50. The first-order chi connectivity index (χ1) is 10.1. The molecule has 1 heterocycles. The monoisotopic (exact) mass is 293 g/mol. The lowest BCUT2D eigenvalue weighted by Gasteiger charge is -2.18. The highest BCUT2D eigenvalue weighted by atomic mass is 16.5. The fraction of sp³-hybridized carbons (Fsp3) is 0.882. The zero-order chi connectivity index (χ0) is 15.2. The summed E-state index contributed by atoms with van der Waals surface area (Å²) < 4.78 is 5.50. The van der Waals surface area contributed by atoms with Gasteiger partial charge in [-0.25, -0.2) is 0 Å². The van der Waals surface area contributed by atoms with E-state index in [1.807, 2.05) is 0 Å². The minimum Gasteiger partial charge on any atom is -0.339 e. The fourth-order valence-electron chi connectivity index (χ4n) is 3.33. The van der Waals surface area contributed by atoms with Crippen LogP contribution in [0.4, 0.5) is 0 Å². The van der Waals surface area contributed by atoms with Crippen molar-refractivity contribution in [3.63, 3.8) is 0 Å². The van der Waals surface area contributed by atoms with Crippen molar-refractivity contribution in [3.05, 3.63) is 11.7 Å². The molecule has 0 saturated heterocycles. The van der Waals surface area contributed by atoms with Crippen LogP contribution in [-0.2, 0) is 6.42 Å². The summed E-state index contributed by atoms with van der Waals surface area (Å²) in [6.45, 7) is 10.1. The molecule has 2 rings (SSSR count). The van der Waals surface area contributed by atoms with Gasteiger partial charge in [-0.1, -0.05) is 32.9 Å². The van der Waals surface area contributed by atoms with E-state index < -0.39 is 0 Å². The summed E-state index contributed by atoms with van der Waals surface area (Å²) in [5.41, 5.74) is 0. The first kappa shape index (κ1) is 16.5. The molecule has 1 aromatic rings. The van der Waals surface area contributed by atoms with Gasteiger partial charge in [0.1, 0.15) is 0 Å². The molecule has 0 radical (unpaired) electrons. The van der Waals surface area contributed by atoms with Gasteiger partial charge in [-0.3, -0.25) is 0 Å². The van der Waals surface area contributed by atoms with Crippen molar-refractivity contribution in [1.29, 1.82) is 0 Å². The second kappa shape index (κ2) is 7.92. The topological polar surface area (TPSA) is 51.0 Å². The Morgan fingerprint density at radius 1 is 1.33 bits per heavy atom. The molecule has 0 aliphatic heterocycles. The predicted octanol–water partition coefficient (Wildman–Crippen LogP) is 3.93. The van der Waals surface area contributed by atoms with E-state index in [0.717, 1.165) is 43.4 Å². The van der Waals surface area contributed by atoms with E-state index in [0.29, 0.717) is 17.9 Å². The van der Waals surface area contributed by atoms with Gasteiger partial charge in [0.25, 0.3) is 0 Å². The van der Waals surface area contributed by atoms with Gasteiger partial charge in [0, 0.05) is 18.4 Å². The van der Waals surface area contributed by atoms with Crippen molar-refractivity contribution in [2.75, 3.05) is 6.54 Å². The lowest BCUT2D eigenvalue weighted by molar-refractivity contribution is 0.334. The van der Waals surface area contributed by atoms with Gasteiger partial charge >= 0.3 is 0 Å². The quantitative estimate of drug-likeness (QED) is 0.789. The molecule has 4 nitrogen and oxygen atoms in total. The van der Waals surface area contributed by atoms with Crippen molar-refractivity contribution >= 4 is 0 Å². The largest absolute Gasteiger partial charge is 0.339 e. The van der Waals surface area contributed by atoms with Crippen LogP contribution >= 0.6 is 0 Å². The smallest absolute Gasteiger partial charge is 0.228 e. The summed E-state index contributed by atoms with van der Waals surface area (Å²) in [7, 11) is 0. The Bertz CT molecular complexity index is 416. The van der Waals surface area contributed by atoms with E-state index in [4.69, 9.17) is 4.52 Å². The number of aromatic nitrogens is 2. The second-order valence-corrected chi connectivity index (χ2v) is 7.15. The third-order valence-electron chi connectivity index (χ3n) is 4.40. The maximum Gasteiger partial charge on any atom is 0.228 e. The van der Waals surface area contributed by atoms with Gasteiger partial charge < -0.3 is 9.84 Å². The number of nitrogens with one attached hydrogen (secondary N) is 1. The minimum absolute atomic E-state index is 0.445. The number of rotatable bonds is 8. The summed E-state index contributed by atoms with van der Waals surface area (Å²) in [4.78, 5) is 4.66. The Hall–Kier alpha value is -0.900. The second-order valence-electron chi connectivity index (χ2n) is 7.15. The Kier molecular flexibility index (Phi) is 6.22. The molecule has 4 heteroatoms. The Labute approximate surface area is 129 Å². The van der Waals surface area contributed by atoms with Crippen molar-refractivity contribution in [2.24, 2.45) is 11.8 Å². The lowest BCUT2D eigenvalue weighted by atomic mass is 10.0. The van der Waals surface area contributed by atoms with Crippen molar-refractivity contribution in [1.82, 2.24) is 15.5 Å². The summed E-state index contributed by atoms with van der Waals surface area (Å²) in [5, 5.41) is 7.84. The van der Waals surface area contributed by atoms with Crippen LogP contribution in [0, 0.1) is 11.8 Å². The highest BCUT2D eigenvalue weighted by Crippen LogP contribution is 2.36. The molecule has 0 spiro atoms. The maximum absolute atomic E-state index is 5.50. The normalized spacial score (nSPS) is 23.9. The Balaban J connectivity index is 1.92. The lowest BCUT2D eigenvalue weighted by Crippen LogP contribution is -2.33. The zero-order valence-electron chi connectivity index (χ0n) is 14.1. The van der Waals surface area contributed by atoms with Crippen LogP contribution in [0.15, 0.2) is 4.52 Å². The molecule has 21 heavy (non-hydrogen) atoms. The molecular weight excluding hydrogens is 262 g/mol. The average Bonchev–Trinajstić information content (AvgIpc) is 3.04. The highest BCUT2D eigenvalue weighted by molar-refractivity contribution is 5.00. The van der Waals surface area contributed by atoms with Crippen LogP contribution in [0.25, 0.3) is 0 Å². The fourth-order valence-corrected chi connectivity index (χ4v) is 3.33. The molecule has 0 aromatic carbocycles. The standard InChI is InChI=1S/C17H31N3O/c1-5-8-18-15(9-12(2)3)11-16-19-17(20-21-16)14-7-6-13(4)10-14/h12-15,18H,5-11H2,1-4H3. The summed E-state index contributed by atoms with van der Waals surface area (Å²) in [6, 6.07) is 0.445. The van der Waals surface area contributed by atoms with Crippen molar-refractivity contribution in [3.8, 4) is 0 Å². The Morgan fingerprint density at radius 3 is 2.76 bits per heavy atom. The van der Waals surface area contributed by atoms with E-state index in [9.17, 15) is 0 Å². The van der Waals surface area contributed by atoms with Gasteiger partial charge in [0.05, 0.1) is 0 Å². The van der Waals surface area contributed by atoms with E-state index in [1.54, 1.807) is 0 Å². The van der Waals surface area contributed by atoms with Gasteiger partial charge in [0.15, 0.2) is 5.82 Å². The SMILES string of the molecule is CCCNC(Cc1nc(C2CCC(C)C2)no1)CC(C)C. The molecule has 1 aromatic heterocycles. The van der Waals surface area contributed by atoms with E-state index >= 15 is 0 Å². The molecule has 1 saturated carbocycles. The Morgan fingerprint density at radius 2 is 2.14 bits per heavy atom. The van der Waals surface area contributed by atoms with E-state index in [-0.39, 0.29) is 0 Å². The van der Waals surface area contributed by atoms with Crippen molar-refractivity contribution < 1.29 is 4.52 Å². The molecule has 0 bridgehead atoms. The van der Waals surface area contributed by atoms with Crippen LogP contribution in [0.1, 0.15) is 77.4 Å². The number of hydrogen-bond donors (Lipinski definition) is 1. The molecule has 1 aliphatic carbocycles. The minimum atomic E-state index is 0.445. The zero-order valence-corrected chi connectivity index (χ0v) is 14.1. The number of hydrogen-bond acceptors (Lipinski definition) is 4. The van der Waals surface area contributed by atoms with Gasteiger partial charge in [-0.15, -0.1) is 0 Å². The van der Waals surface area contributed by atoms with Crippen LogP contribution in [0.5, 0.6) is 0 Å². The molecular formula is C17H31N3O. The molecule has 120 valence electrons. The summed E-state index contributed by atoms with van der Waals surface area (Å²) in [5.74, 6) is 3.74. The van der Waals surface area contributed by atoms with Crippen LogP contribution in [-0.4, -0.2) is 22.7 Å². The van der Waals surface area contributed by atoms with Gasteiger partial charge in [-0.05, 0) is 50.5 Å². The first-order valence-corrected chi connectivity index (χ1v) is 8.64. The predicted molar refractivity (Wildman–Crippen MR) is 85.3 cm³/mol.